The third-order valence-electron chi connectivity index (χ3n) is 0.190. The van der Waals surface area contributed by atoms with Gasteiger partial charge in [0.25, 0.3) is 0 Å². The van der Waals surface area contributed by atoms with Crippen LogP contribution in [0.3, 0.4) is 0 Å². The fourth-order valence-electron chi connectivity index (χ4n) is 0.0860. The summed E-state index contributed by atoms with van der Waals surface area (Å²) in [7, 11) is -4.29. The fourth-order valence-corrected chi connectivity index (χ4v) is 0.258. The summed E-state index contributed by atoms with van der Waals surface area (Å²) in [6.07, 6.45) is 0.620. The van der Waals surface area contributed by atoms with Crippen molar-refractivity contribution >= 4 is 10.4 Å². The molecule has 0 amide bonds. The first-order valence-corrected chi connectivity index (χ1v) is 2.69. The van der Waals surface area contributed by atoms with E-state index in [0.717, 1.165) is 0 Å². The Kier molecular flexibility index (Phi) is 7.27. The van der Waals surface area contributed by atoms with E-state index in [1.54, 1.807) is 0 Å². The fraction of sp³-hybridized carbons (Fsp3) is 0. The molecule has 0 unspecified atom stereocenters. The third-order valence-corrected chi connectivity index (χ3v) is 0.569. The van der Waals surface area contributed by atoms with E-state index in [4.69, 9.17) is 4.55 Å². The van der Waals surface area contributed by atoms with Gasteiger partial charge >= 0.3 is 61.8 Å². The van der Waals surface area contributed by atoms with Crippen molar-refractivity contribution in [2.75, 3.05) is 0 Å². The third kappa shape index (κ3) is 10.1. The Morgan fingerprint density at radius 1 is 1.75 bits per heavy atom. The summed E-state index contributed by atoms with van der Waals surface area (Å²) in [6, 6.07) is 0. The summed E-state index contributed by atoms with van der Waals surface area (Å²) in [5.41, 5.74) is 0. The van der Waals surface area contributed by atoms with Gasteiger partial charge in [-0.25, -0.2) is 0 Å². The molecule has 0 aromatic carbocycles. The normalized spacial score (nSPS) is 9.12. The van der Waals surface area contributed by atoms with E-state index in [9.17, 15) is 8.42 Å². The summed E-state index contributed by atoms with van der Waals surface area (Å²) in [5.74, 6) is 0. The molecule has 0 rings (SSSR count). The molecule has 0 radical (unpaired) electrons. The van der Waals surface area contributed by atoms with E-state index < -0.39 is 10.4 Å². The van der Waals surface area contributed by atoms with Crippen molar-refractivity contribution in [2.24, 2.45) is 0 Å². The summed E-state index contributed by atoms with van der Waals surface area (Å²) in [5, 5.41) is 0. The molecular weight excluding hydrogens is 159 g/mol. The largest absolute Gasteiger partial charge is 1.00 e. The number of hydrogen-bond donors (Lipinski definition) is 1. The molecule has 0 saturated carbocycles. The van der Waals surface area contributed by atoms with Gasteiger partial charge in [-0.1, -0.05) is 6.58 Å². The van der Waals surface area contributed by atoms with Crippen molar-refractivity contribution in [3.8, 4) is 0 Å². The molecule has 0 aliphatic rings. The minimum absolute atomic E-state index is 0. The first-order valence-electron chi connectivity index (χ1n) is 1.33. The Bertz CT molecular complexity index is 152. The van der Waals surface area contributed by atoms with Crippen LogP contribution in [0.15, 0.2) is 12.8 Å². The molecule has 6 heteroatoms. The summed E-state index contributed by atoms with van der Waals surface area (Å²) in [4.78, 5) is 0. The smallest absolute Gasteiger partial charge is 1.00 e. The predicted molar refractivity (Wildman–Crippen MR) is 23.9 cm³/mol. The van der Waals surface area contributed by atoms with Crippen LogP contribution in [0.4, 0.5) is 0 Å². The maximum absolute atomic E-state index is 9.49. The van der Waals surface area contributed by atoms with E-state index in [-0.39, 0.29) is 52.8 Å². The second-order valence-electron chi connectivity index (χ2n) is 0.691. The van der Waals surface area contributed by atoms with Crippen molar-refractivity contribution < 1.29 is 70.0 Å². The molecule has 0 saturated heterocycles. The van der Waals surface area contributed by atoms with Crippen LogP contribution in [-0.4, -0.2) is 13.0 Å². The maximum Gasteiger partial charge on any atom is 1.00 e. The van der Waals surface area contributed by atoms with E-state index in [1.807, 2.05) is 0 Å². The SMILES string of the molecule is C=COS(=O)(=O)O.[H-].[K+]. The second-order valence-corrected chi connectivity index (χ2v) is 1.74. The minimum atomic E-state index is -4.29. The van der Waals surface area contributed by atoms with Gasteiger partial charge in [0.1, 0.15) is 6.26 Å². The van der Waals surface area contributed by atoms with Gasteiger partial charge in [-0.05, 0) is 0 Å². The first-order chi connectivity index (χ1) is 3.06. The van der Waals surface area contributed by atoms with E-state index in [1.165, 1.54) is 0 Å². The van der Waals surface area contributed by atoms with Gasteiger partial charge < -0.3 is 5.61 Å². The Balaban J connectivity index is -0.000000180. The maximum atomic E-state index is 9.49. The van der Waals surface area contributed by atoms with Crippen molar-refractivity contribution in [3.63, 3.8) is 0 Å². The molecule has 0 heterocycles. The van der Waals surface area contributed by atoms with Crippen molar-refractivity contribution in [3.05, 3.63) is 12.8 Å². The molecule has 0 fully saturated rings. The molecule has 0 aliphatic carbocycles. The zero-order valence-corrected chi connectivity index (χ0v) is 8.30. The van der Waals surface area contributed by atoms with Crippen LogP contribution in [-0.2, 0) is 14.6 Å². The van der Waals surface area contributed by atoms with E-state index in [0.29, 0.717) is 6.26 Å². The molecular formula is C2H5KO4S. The average molecular weight is 164 g/mol. The second kappa shape index (κ2) is 4.92. The zero-order chi connectivity index (χ0) is 5.91. The number of hydrogen-bond acceptors (Lipinski definition) is 3. The van der Waals surface area contributed by atoms with Crippen LogP contribution >= 0.6 is 0 Å². The van der Waals surface area contributed by atoms with Gasteiger partial charge in [0.15, 0.2) is 0 Å². The van der Waals surface area contributed by atoms with E-state index in [2.05, 4.69) is 10.8 Å². The van der Waals surface area contributed by atoms with Gasteiger partial charge in [0.2, 0.25) is 0 Å². The minimum Gasteiger partial charge on any atom is -1.00 e. The Morgan fingerprint density at radius 2 is 2.12 bits per heavy atom. The molecule has 44 valence electrons. The Morgan fingerprint density at radius 3 is 2.12 bits per heavy atom. The van der Waals surface area contributed by atoms with Crippen molar-refractivity contribution in [1.29, 1.82) is 0 Å². The molecule has 0 atom stereocenters. The van der Waals surface area contributed by atoms with Crippen molar-refractivity contribution in [1.82, 2.24) is 0 Å². The first kappa shape index (κ1) is 11.8. The molecule has 0 aliphatic heterocycles. The summed E-state index contributed by atoms with van der Waals surface area (Å²) < 4.78 is 30.2. The van der Waals surface area contributed by atoms with Crippen LogP contribution in [0.1, 0.15) is 1.43 Å². The summed E-state index contributed by atoms with van der Waals surface area (Å²) in [6.45, 7) is 2.88. The molecule has 0 aromatic rings. The summed E-state index contributed by atoms with van der Waals surface area (Å²) >= 11 is 0. The van der Waals surface area contributed by atoms with E-state index >= 15 is 0 Å². The zero-order valence-electron chi connectivity index (χ0n) is 5.36. The molecule has 0 bridgehead atoms. The molecule has 0 spiro atoms. The number of rotatable bonds is 2. The molecule has 8 heavy (non-hydrogen) atoms. The van der Waals surface area contributed by atoms with Crippen molar-refractivity contribution in [2.45, 2.75) is 0 Å². The monoisotopic (exact) mass is 164 g/mol. The Labute approximate surface area is 91.8 Å². The molecule has 4 nitrogen and oxygen atoms in total. The average Bonchev–Trinajstić information content (AvgIpc) is 1.30. The van der Waals surface area contributed by atoms with Gasteiger partial charge in [-0.2, -0.15) is 8.42 Å². The molecule has 1 N–H and O–H groups in total. The van der Waals surface area contributed by atoms with Gasteiger partial charge in [0.05, 0.1) is 0 Å². The standard InChI is InChI=1S/C2H4O4S.K.H/c1-2-6-7(3,4)5;;/h2H,1H2,(H,3,4,5);;/q;+1;-1. The van der Waals surface area contributed by atoms with Crippen LogP contribution in [0.25, 0.3) is 0 Å². The van der Waals surface area contributed by atoms with Gasteiger partial charge in [-0.3, -0.25) is 4.55 Å². The van der Waals surface area contributed by atoms with Crippen LogP contribution < -0.4 is 51.4 Å². The predicted octanol–water partition coefficient (Wildman–Crippen LogP) is -2.93. The quantitative estimate of drug-likeness (QED) is 0.269. The van der Waals surface area contributed by atoms with Crippen LogP contribution in [0.2, 0.25) is 0 Å². The van der Waals surface area contributed by atoms with Gasteiger partial charge in [-0.15, -0.1) is 0 Å². The van der Waals surface area contributed by atoms with Crippen LogP contribution in [0.5, 0.6) is 0 Å². The van der Waals surface area contributed by atoms with Crippen LogP contribution in [0, 0.1) is 0 Å². The molecule has 0 aromatic heterocycles. The van der Waals surface area contributed by atoms with Gasteiger partial charge in [0, 0.05) is 0 Å². The topological polar surface area (TPSA) is 63.6 Å². The Hall–Kier alpha value is 1.09.